The number of para-hydroxylation sites is 2. The minimum Gasteiger partial charge on any atom is -0.456 e. The zero-order chi connectivity index (χ0) is 30.2. The quantitative estimate of drug-likeness (QED) is 0.206. The summed E-state index contributed by atoms with van der Waals surface area (Å²) in [4.78, 5) is 10.6. The van der Waals surface area contributed by atoms with Gasteiger partial charge in [0.05, 0.1) is 27.5 Å². The van der Waals surface area contributed by atoms with E-state index in [4.69, 9.17) is 14.7 Å². The van der Waals surface area contributed by atoms with E-state index in [2.05, 4.69) is 126 Å². The molecule has 10 rings (SSSR count). The Labute approximate surface area is 264 Å². The minimum atomic E-state index is 0.793. The first-order valence-corrected chi connectivity index (χ1v) is 15.5. The Morgan fingerprint density at radius 2 is 1.04 bits per heavy atom. The molecule has 2 aromatic heterocycles. The van der Waals surface area contributed by atoms with E-state index in [1.165, 1.54) is 16.3 Å². The van der Waals surface area contributed by atoms with Gasteiger partial charge in [-0.15, -0.1) is 0 Å². The molecule has 0 spiro atoms. The number of hydrogen-bond donors (Lipinski definition) is 0. The van der Waals surface area contributed by atoms with Crippen LogP contribution < -0.4 is 4.74 Å². The standard InChI is InChI=1S/C42H25N3O/c1-3-11-26(12-4-1)27-21-23-29(24-22-27)41-42(44-33-17-8-7-16-32(33)43-41)45-34-18-10-20-37-39(34)40-35(45)25-31(28-13-5-2-6-14-28)30-15-9-19-36(46-37)38(30)40/h1-25H. The number of hydrogen-bond acceptors (Lipinski definition) is 3. The van der Waals surface area contributed by atoms with Crippen LogP contribution in [0.2, 0.25) is 0 Å². The van der Waals surface area contributed by atoms with Crippen LogP contribution in [0.3, 0.4) is 0 Å². The van der Waals surface area contributed by atoms with E-state index in [1.807, 2.05) is 30.3 Å². The van der Waals surface area contributed by atoms with Crippen molar-refractivity contribution < 1.29 is 4.74 Å². The second-order valence-electron chi connectivity index (χ2n) is 11.8. The topological polar surface area (TPSA) is 39.9 Å². The first-order chi connectivity index (χ1) is 22.8. The van der Waals surface area contributed by atoms with Crippen molar-refractivity contribution in [1.82, 2.24) is 14.5 Å². The summed E-state index contributed by atoms with van der Waals surface area (Å²) in [6.45, 7) is 0. The number of nitrogens with zero attached hydrogens (tertiary/aromatic N) is 3. The monoisotopic (exact) mass is 587 g/mol. The molecule has 0 bridgehead atoms. The van der Waals surface area contributed by atoms with Crippen molar-refractivity contribution in [1.29, 1.82) is 0 Å². The van der Waals surface area contributed by atoms with Crippen LogP contribution in [-0.4, -0.2) is 14.5 Å². The van der Waals surface area contributed by atoms with Gasteiger partial charge in [-0.3, -0.25) is 4.57 Å². The van der Waals surface area contributed by atoms with Crippen LogP contribution in [0.5, 0.6) is 11.5 Å². The molecule has 0 saturated heterocycles. The van der Waals surface area contributed by atoms with Gasteiger partial charge in [0.15, 0.2) is 5.82 Å². The largest absolute Gasteiger partial charge is 0.456 e. The Balaban J connectivity index is 1.33. The van der Waals surface area contributed by atoms with Crippen LogP contribution >= 0.6 is 0 Å². The van der Waals surface area contributed by atoms with Crippen molar-refractivity contribution in [2.45, 2.75) is 0 Å². The molecule has 0 fully saturated rings. The number of aromatic nitrogens is 3. The van der Waals surface area contributed by atoms with Gasteiger partial charge in [0.1, 0.15) is 17.2 Å². The summed E-state index contributed by atoms with van der Waals surface area (Å²) in [5, 5.41) is 4.58. The van der Waals surface area contributed by atoms with E-state index in [1.54, 1.807) is 0 Å². The second-order valence-corrected chi connectivity index (χ2v) is 11.8. The van der Waals surface area contributed by atoms with Crippen LogP contribution in [0.25, 0.3) is 82.9 Å². The van der Waals surface area contributed by atoms with Crippen LogP contribution in [0.15, 0.2) is 152 Å². The third-order valence-electron chi connectivity index (χ3n) is 9.17. The summed E-state index contributed by atoms with van der Waals surface area (Å²) in [5.74, 6) is 2.52. The molecule has 1 aliphatic heterocycles. The summed E-state index contributed by atoms with van der Waals surface area (Å²) in [6.07, 6.45) is 0. The van der Waals surface area contributed by atoms with Crippen LogP contribution in [0, 0.1) is 0 Å². The van der Waals surface area contributed by atoms with E-state index in [0.717, 1.165) is 78.1 Å². The van der Waals surface area contributed by atoms with Gasteiger partial charge in [-0.2, -0.15) is 0 Å². The fraction of sp³-hybridized carbons (Fsp3) is 0. The molecular weight excluding hydrogens is 562 g/mol. The summed E-state index contributed by atoms with van der Waals surface area (Å²) < 4.78 is 8.91. The van der Waals surface area contributed by atoms with Gasteiger partial charge in [-0.25, -0.2) is 9.97 Å². The molecule has 0 radical (unpaired) electrons. The Morgan fingerprint density at radius 3 is 1.80 bits per heavy atom. The highest BCUT2D eigenvalue weighted by molar-refractivity contribution is 6.28. The Morgan fingerprint density at radius 1 is 0.435 bits per heavy atom. The average molecular weight is 588 g/mol. The molecule has 0 amide bonds. The summed E-state index contributed by atoms with van der Waals surface area (Å²) in [7, 11) is 0. The average Bonchev–Trinajstić information content (AvgIpc) is 3.47. The molecule has 0 saturated carbocycles. The van der Waals surface area contributed by atoms with E-state index >= 15 is 0 Å². The second kappa shape index (κ2) is 9.62. The predicted molar refractivity (Wildman–Crippen MR) is 188 cm³/mol. The third kappa shape index (κ3) is 3.61. The molecular formula is C42H25N3O. The molecule has 7 aromatic carbocycles. The van der Waals surface area contributed by atoms with Crippen molar-refractivity contribution >= 4 is 43.6 Å². The molecule has 1 aliphatic rings. The van der Waals surface area contributed by atoms with Gasteiger partial charge in [0.2, 0.25) is 0 Å². The summed E-state index contributed by atoms with van der Waals surface area (Å²) >= 11 is 0. The van der Waals surface area contributed by atoms with Gasteiger partial charge < -0.3 is 4.74 Å². The van der Waals surface area contributed by atoms with Crippen molar-refractivity contribution in [2.75, 3.05) is 0 Å². The molecule has 0 unspecified atom stereocenters. The third-order valence-corrected chi connectivity index (χ3v) is 9.17. The normalized spacial score (nSPS) is 12.1. The van der Waals surface area contributed by atoms with Crippen molar-refractivity contribution in [3.05, 3.63) is 152 Å². The lowest BCUT2D eigenvalue weighted by atomic mass is 9.93. The summed E-state index contributed by atoms with van der Waals surface area (Å²) in [5.41, 5.74) is 10.3. The van der Waals surface area contributed by atoms with Gasteiger partial charge in [-0.05, 0) is 64.0 Å². The van der Waals surface area contributed by atoms with Crippen LogP contribution in [0.4, 0.5) is 0 Å². The highest BCUT2D eigenvalue weighted by atomic mass is 16.5. The minimum absolute atomic E-state index is 0.793. The fourth-order valence-corrected chi connectivity index (χ4v) is 7.11. The van der Waals surface area contributed by atoms with Crippen LogP contribution in [0.1, 0.15) is 0 Å². The zero-order valence-corrected chi connectivity index (χ0v) is 24.7. The smallest absolute Gasteiger partial charge is 0.165 e. The molecule has 0 aliphatic carbocycles. The lowest BCUT2D eigenvalue weighted by Gasteiger charge is -2.18. The molecule has 3 heterocycles. The molecule has 46 heavy (non-hydrogen) atoms. The zero-order valence-electron chi connectivity index (χ0n) is 24.7. The molecule has 214 valence electrons. The molecule has 4 nitrogen and oxygen atoms in total. The Bertz CT molecular complexity index is 2640. The van der Waals surface area contributed by atoms with Crippen molar-refractivity contribution in [3.8, 4) is 50.8 Å². The lowest BCUT2D eigenvalue weighted by Crippen LogP contribution is -2.03. The number of rotatable bonds is 4. The van der Waals surface area contributed by atoms with Gasteiger partial charge in [-0.1, -0.05) is 115 Å². The molecule has 0 N–H and O–H groups in total. The van der Waals surface area contributed by atoms with Crippen molar-refractivity contribution in [2.24, 2.45) is 0 Å². The van der Waals surface area contributed by atoms with E-state index < -0.39 is 0 Å². The Kier molecular flexibility index (Phi) is 5.25. The molecule has 4 heteroatoms. The highest BCUT2D eigenvalue weighted by Crippen LogP contribution is 2.51. The fourth-order valence-electron chi connectivity index (χ4n) is 7.11. The first-order valence-electron chi connectivity index (χ1n) is 15.5. The highest BCUT2D eigenvalue weighted by Gasteiger charge is 2.27. The Hall–Kier alpha value is -6.26. The van der Waals surface area contributed by atoms with E-state index in [0.29, 0.717) is 0 Å². The predicted octanol–water partition coefficient (Wildman–Crippen LogP) is 11.0. The maximum atomic E-state index is 6.62. The first kappa shape index (κ1) is 25.1. The lowest BCUT2D eigenvalue weighted by molar-refractivity contribution is 0.493. The maximum Gasteiger partial charge on any atom is 0.165 e. The molecule has 0 atom stereocenters. The SMILES string of the molecule is c1ccc(-c2ccc(-c3nc4ccccc4nc3-n3c4cccc5c4c4c6c(cccc6c(-c6ccccc6)cc43)O5)cc2)cc1. The van der Waals surface area contributed by atoms with Gasteiger partial charge in [0.25, 0.3) is 0 Å². The molecule has 9 aromatic rings. The number of ether oxygens (including phenoxy) is 1. The maximum absolute atomic E-state index is 6.62. The van der Waals surface area contributed by atoms with Crippen molar-refractivity contribution in [3.63, 3.8) is 0 Å². The van der Waals surface area contributed by atoms with Crippen LogP contribution in [-0.2, 0) is 0 Å². The summed E-state index contributed by atoms with van der Waals surface area (Å²) in [6, 6.07) is 52.8. The number of fused-ring (bicyclic) bond motifs is 1. The number of benzene rings is 7. The van der Waals surface area contributed by atoms with Gasteiger partial charge in [0, 0.05) is 16.3 Å². The van der Waals surface area contributed by atoms with E-state index in [-0.39, 0.29) is 0 Å². The van der Waals surface area contributed by atoms with Gasteiger partial charge >= 0.3 is 0 Å². The van der Waals surface area contributed by atoms with E-state index in [9.17, 15) is 0 Å².